The van der Waals surface area contributed by atoms with E-state index in [0.717, 1.165) is 21.1 Å². The Kier molecular flexibility index (Phi) is 2.11. The molecule has 0 saturated heterocycles. The van der Waals surface area contributed by atoms with Crippen LogP contribution in [0.1, 0.15) is 5.56 Å². The van der Waals surface area contributed by atoms with Crippen LogP contribution in [-0.2, 0) is 0 Å². The monoisotopic (exact) mass is 227 g/mol. The Balaban J connectivity index is 2.03. The summed E-state index contributed by atoms with van der Waals surface area (Å²) in [5.74, 6) is 0. The van der Waals surface area contributed by atoms with E-state index >= 15 is 0 Å². The largest absolute Gasteiger partial charge is 0.363 e. The first-order valence-corrected chi connectivity index (χ1v) is 5.07. The number of nitrogens with zero attached hydrogens (tertiary/aromatic N) is 3. The van der Waals surface area contributed by atoms with Crippen LogP contribution in [0.25, 0.3) is 10.9 Å². The molecular weight excluding hydrogens is 218 g/mol. The van der Waals surface area contributed by atoms with Gasteiger partial charge in [0.25, 0.3) is 0 Å². The molecule has 0 aliphatic heterocycles. The molecule has 0 saturated carbocycles. The number of hydrogen-bond donors (Lipinski definition) is 2. The Hall–Kier alpha value is -2.63. The van der Waals surface area contributed by atoms with Gasteiger partial charge in [-0.05, 0) is 6.07 Å². The fourth-order valence-corrected chi connectivity index (χ4v) is 1.65. The normalized spacial score (nSPS) is 11.5. The summed E-state index contributed by atoms with van der Waals surface area (Å²) in [4.78, 5) is 14.3. The smallest absolute Gasteiger partial charge is 0.361 e. The zero-order valence-corrected chi connectivity index (χ0v) is 8.79. The van der Waals surface area contributed by atoms with Crippen molar-refractivity contribution in [3.63, 3.8) is 0 Å². The number of H-pyrrole nitrogens is 2. The van der Waals surface area contributed by atoms with E-state index in [9.17, 15) is 4.79 Å². The molecule has 0 atom stereocenters. The van der Waals surface area contributed by atoms with Gasteiger partial charge in [-0.2, -0.15) is 14.9 Å². The summed E-state index contributed by atoms with van der Waals surface area (Å²) in [7, 11) is 0. The first-order chi connectivity index (χ1) is 8.34. The highest BCUT2D eigenvalue weighted by Gasteiger charge is 2.00. The van der Waals surface area contributed by atoms with Gasteiger partial charge in [-0.15, -0.1) is 0 Å². The summed E-state index contributed by atoms with van der Waals surface area (Å²) < 4.78 is 1.14. The third-order valence-corrected chi connectivity index (χ3v) is 2.48. The summed E-state index contributed by atoms with van der Waals surface area (Å²) in [6.07, 6.45) is 4.79. The molecule has 0 spiro atoms. The summed E-state index contributed by atoms with van der Waals surface area (Å²) in [6, 6.07) is 7.89. The molecule has 0 aliphatic rings. The lowest BCUT2D eigenvalue weighted by atomic mass is 10.2. The number of hydrogen-bond acceptors (Lipinski definition) is 3. The Morgan fingerprint density at radius 2 is 2.24 bits per heavy atom. The van der Waals surface area contributed by atoms with Crippen LogP contribution in [0.5, 0.6) is 0 Å². The van der Waals surface area contributed by atoms with E-state index in [2.05, 4.69) is 20.3 Å². The SMILES string of the molecule is O=c1[nH]ncn1/N=C/c1c[nH]c2ccccc12. The third kappa shape index (κ3) is 1.65. The predicted molar refractivity (Wildman–Crippen MR) is 64.1 cm³/mol. The lowest BCUT2D eigenvalue weighted by Gasteiger charge is -1.90. The van der Waals surface area contributed by atoms with Gasteiger partial charge in [-0.25, -0.2) is 9.89 Å². The maximum Gasteiger partial charge on any atom is 0.363 e. The van der Waals surface area contributed by atoms with E-state index in [1.54, 1.807) is 6.21 Å². The van der Waals surface area contributed by atoms with Crippen molar-refractivity contribution < 1.29 is 0 Å². The van der Waals surface area contributed by atoms with Gasteiger partial charge in [0, 0.05) is 22.7 Å². The van der Waals surface area contributed by atoms with Gasteiger partial charge in [0.1, 0.15) is 6.33 Å². The average molecular weight is 227 g/mol. The topological polar surface area (TPSA) is 78.8 Å². The zero-order valence-electron chi connectivity index (χ0n) is 8.79. The molecule has 6 heteroatoms. The van der Waals surface area contributed by atoms with E-state index < -0.39 is 0 Å². The van der Waals surface area contributed by atoms with Crippen molar-refractivity contribution >= 4 is 17.1 Å². The van der Waals surface area contributed by atoms with E-state index in [4.69, 9.17) is 0 Å². The minimum Gasteiger partial charge on any atom is -0.361 e. The Morgan fingerprint density at radius 1 is 1.35 bits per heavy atom. The van der Waals surface area contributed by atoms with Gasteiger partial charge < -0.3 is 4.98 Å². The molecule has 17 heavy (non-hydrogen) atoms. The molecule has 1 aromatic carbocycles. The summed E-state index contributed by atoms with van der Waals surface area (Å²) in [5, 5.41) is 10.9. The van der Waals surface area contributed by atoms with Crippen LogP contribution in [0.2, 0.25) is 0 Å². The Morgan fingerprint density at radius 3 is 3.06 bits per heavy atom. The highest BCUT2D eigenvalue weighted by atomic mass is 16.2. The van der Waals surface area contributed by atoms with Gasteiger partial charge in [0.2, 0.25) is 0 Å². The number of rotatable bonds is 2. The lowest BCUT2D eigenvalue weighted by Crippen LogP contribution is -2.11. The maximum atomic E-state index is 11.2. The molecule has 3 aromatic rings. The van der Waals surface area contributed by atoms with Gasteiger partial charge in [-0.3, -0.25) is 0 Å². The molecule has 0 fully saturated rings. The highest BCUT2D eigenvalue weighted by molar-refractivity contribution is 5.98. The van der Waals surface area contributed by atoms with Crippen LogP contribution in [0.15, 0.2) is 46.7 Å². The quantitative estimate of drug-likeness (QED) is 0.639. The van der Waals surface area contributed by atoms with Crippen molar-refractivity contribution in [2.45, 2.75) is 0 Å². The van der Waals surface area contributed by atoms with Crippen LogP contribution in [-0.4, -0.2) is 26.1 Å². The molecule has 2 N–H and O–H groups in total. The minimum absolute atomic E-state index is 0.360. The molecule has 0 radical (unpaired) electrons. The van der Waals surface area contributed by atoms with Crippen molar-refractivity contribution in [3.05, 3.63) is 52.8 Å². The fraction of sp³-hybridized carbons (Fsp3) is 0. The van der Waals surface area contributed by atoms with Gasteiger partial charge in [0.05, 0.1) is 6.21 Å². The Labute approximate surface area is 95.6 Å². The van der Waals surface area contributed by atoms with Crippen molar-refractivity contribution in [2.24, 2.45) is 5.10 Å². The molecule has 0 bridgehead atoms. The summed E-state index contributed by atoms with van der Waals surface area (Å²) >= 11 is 0. The second kappa shape index (κ2) is 3.75. The zero-order chi connectivity index (χ0) is 11.7. The number of aromatic nitrogens is 4. The van der Waals surface area contributed by atoms with E-state index in [0.29, 0.717) is 0 Å². The Bertz CT molecular complexity index is 733. The lowest BCUT2D eigenvalue weighted by molar-refractivity contribution is 0.835. The number of benzene rings is 1. The molecule has 0 unspecified atom stereocenters. The molecular formula is C11H9N5O. The van der Waals surface area contributed by atoms with Crippen LogP contribution in [0.3, 0.4) is 0 Å². The summed E-state index contributed by atoms with van der Waals surface area (Å²) in [6.45, 7) is 0. The standard InChI is InChI=1S/C11H9N5O/c17-11-15-13-7-16(11)14-6-8-5-12-10-4-2-1-3-9(8)10/h1-7,12H,(H,15,17)/b14-6+. The van der Waals surface area contributed by atoms with Gasteiger partial charge in [-0.1, -0.05) is 18.2 Å². The second-order valence-corrected chi connectivity index (χ2v) is 3.54. The van der Waals surface area contributed by atoms with E-state index in [1.165, 1.54) is 6.33 Å². The highest BCUT2D eigenvalue weighted by Crippen LogP contribution is 2.15. The summed E-state index contributed by atoms with van der Waals surface area (Å²) in [5.41, 5.74) is 1.60. The molecule has 6 nitrogen and oxygen atoms in total. The van der Waals surface area contributed by atoms with E-state index in [-0.39, 0.29) is 5.69 Å². The maximum absolute atomic E-state index is 11.2. The van der Waals surface area contributed by atoms with Gasteiger partial charge >= 0.3 is 5.69 Å². The van der Waals surface area contributed by atoms with Crippen molar-refractivity contribution in [2.75, 3.05) is 0 Å². The van der Waals surface area contributed by atoms with Crippen LogP contribution < -0.4 is 5.69 Å². The molecule has 2 heterocycles. The van der Waals surface area contributed by atoms with Crippen molar-refractivity contribution in [1.29, 1.82) is 0 Å². The van der Waals surface area contributed by atoms with Crippen LogP contribution in [0.4, 0.5) is 0 Å². The molecule has 84 valence electrons. The fourth-order valence-electron chi connectivity index (χ4n) is 1.65. The van der Waals surface area contributed by atoms with Crippen LogP contribution in [0, 0.1) is 0 Å². The van der Waals surface area contributed by atoms with Gasteiger partial charge in [0.15, 0.2) is 0 Å². The van der Waals surface area contributed by atoms with E-state index in [1.807, 2.05) is 30.5 Å². The van der Waals surface area contributed by atoms with Crippen molar-refractivity contribution in [1.82, 2.24) is 19.9 Å². The molecule has 0 aliphatic carbocycles. The molecule has 3 rings (SSSR count). The third-order valence-electron chi connectivity index (χ3n) is 2.48. The number of nitrogens with one attached hydrogen (secondary N) is 2. The minimum atomic E-state index is -0.360. The van der Waals surface area contributed by atoms with Crippen LogP contribution >= 0.6 is 0 Å². The number of para-hydroxylation sites is 1. The second-order valence-electron chi connectivity index (χ2n) is 3.54. The first-order valence-electron chi connectivity index (χ1n) is 5.07. The van der Waals surface area contributed by atoms with Crippen molar-refractivity contribution in [3.8, 4) is 0 Å². The number of fused-ring (bicyclic) bond motifs is 1. The first kappa shape index (κ1) is 9.59. The predicted octanol–water partition coefficient (Wildman–Crippen LogP) is 0.935. The molecule has 0 amide bonds. The molecule has 2 aromatic heterocycles. The number of aromatic amines is 2. The average Bonchev–Trinajstić information content (AvgIpc) is 2.93.